The van der Waals surface area contributed by atoms with E-state index in [0.29, 0.717) is 26.8 Å². The number of nitrogens with one attached hydrogen (secondary N) is 1. The van der Waals surface area contributed by atoms with Gasteiger partial charge in [0.05, 0.1) is 24.0 Å². The number of hydrogen-bond acceptors (Lipinski definition) is 6. The van der Waals surface area contributed by atoms with Crippen molar-refractivity contribution in [1.29, 1.82) is 0 Å². The number of thioether (sulfide) groups is 1. The molecule has 0 saturated carbocycles. The molecule has 0 amide bonds. The predicted octanol–water partition coefficient (Wildman–Crippen LogP) is 3.71. The molecule has 2 heterocycles. The number of aromatic nitrogens is 2. The van der Waals surface area contributed by atoms with E-state index in [0.717, 1.165) is 11.1 Å². The summed E-state index contributed by atoms with van der Waals surface area (Å²) in [5.41, 5.74) is 1.39. The number of benzene rings is 1. The second-order valence-electron chi connectivity index (χ2n) is 4.89. The smallest absolute Gasteiger partial charge is 0.315 e. The van der Waals surface area contributed by atoms with E-state index >= 15 is 0 Å². The summed E-state index contributed by atoms with van der Waals surface area (Å²) >= 11 is 8.97. The third-order valence-electron chi connectivity index (χ3n) is 3.34. The van der Waals surface area contributed by atoms with Crippen LogP contribution in [0.3, 0.4) is 0 Å². The standard InChI is InChI=1S/C16H13ClN2O3S2/c1-22-13(20)8-23-7-12-18-15(21)14-10(6-24-16(14)19-12)9-4-2-3-5-11(9)17/h2-6H,7-8H2,1H3,(H,18,19,21). The molecule has 2 aromatic heterocycles. The van der Waals surface area contributed by atoms with Crippen molar-refractivity contribution in [2.45, 2.75) is 5.75 Å². The molecule has 0 aliphatic heterocycles. The van der Waals surface area contributed by atoms with Crippen molar-refractivity contribution in [2.24, 2.45) is 0 Å². The van der Waals surface area contributed by atoms with Crippen LogP contribution in [0.4, 0.5) is 0 Å². The average molecular weight is 381 g/mol. The number of ether oxygens (including phenoxy) is 1. The molecule has 0 spiro atoms. The maximum absolute atomic E-state index is 12.5. The molecular formula is C16H13ClN2O3S2. The minimum Gasteiger partial charge on any atom is -0.468 e. The van der Waals surface area contributed by atoms with Crippen molar-refractivity contribution in [2.75, 3.05) is 12.9 Å². The van der Waals surface area contributed by atoms with E-state index in [1.165, 1.54) is 30.2 Å². The monoisotopic (exact) mass is 380 g/mol. The number of hydrogen-bond donors (Lipinski definition) is 1. The molecule has 0 saturated heterocycles. The van der Waals surface area contributed by atoms with Crippen LogP contribution in [0.2, 0.25) is 5.02 Å². The van der Waals surface area contributed by atoms with Gasteiger partial charge in [0.1, 0.15) is 10.7 Å². The number of rotatable bonds is 5. The van der Waals surface area contributed by atoms with Gasteiger partial charge >= 0.3 is 5.97 Å². The van der Waals surface area contributed by atoms with Gasteiger partial charge in [-0.1, -0.05) is 29.8 Å². The van der Waals surface area contributed by atoms with Crippen molar-refractivity contribution in [3.05, 3.63) is 50.8 Å². The Morgan fingerprint density at radius 1 is 1.38 bits per heavy atom. The van der Waals surface area contributed by atoms with E-state index < -0.39 is 0 Å². The van der Waals surface area contributed by atoms with Gasteiger partial charge in [-0.25, -0.2) is 4.98 Å². The fourth-order valence-corrected chi connectivity index (χ4v) is 4.14. The van der Waals surface area contributed by atoms with Gasteiger partial charge in [-0.2, -0.15) is 0 Å². The molecule has 3 rings (SSSR count). The fraction of sp³-hybridized carbons (Fsp3) is 0.188. The first-order valence-electron chi connectivity index (χ1n) is 7.00. The lowest BCUT2D eigenvalue weighted by atomic mass is 10.1. The van der Waals surface area contributed by atoms with E-state index in [2.05, 4.69) is 14.7 Å². The molecule has 0 fully saturated rings. The SMILES string of the molecule is COC(=O)CSCc1nc2scc(-c3ccccc3Cl)c2c(=O)[nH]1. The summed E-state index contributed by atoms with van der Waals surface area (Å²) in [5, 5.41) is 3.02. The first kappa shape index (κ1) is 17.0. The quantitative estimate of drug-likeness (QED) is 0.683. The van der Waals surface area contributed by atoms with Crippen LogP contribution in [0.15, 0.2) is 34.4 Å². The number of methoxy groups -OCH3 is 1. The van der Waals surface area contributed by atoms with Crippen LogP contribution >= 0.6 is 34.7 Å². The van der Waals surface area contributed by atoms with Crippen LogP contribution in [0.5, 0.6) is 0 Å². The predicted molar refractivity (Wildman–Crippen MR) is 98.9 cm³/mol. The molecule has 3 aromatic rings. The zero-order valence-corrected chi connectivity index (χ0v) is 15.1. The number of halogens is 1. The second-order valence-corrected chi connectivity index (χ2v) is 7.14. The third-order valence-corrected chi connectivity index (χ3v) is 5.46. The first-order chi connectivity index (χ1) is 11.6. The van der Waals surface area contributed by atoms with Crippen molar-refractivity contribution in [3.63, 3.8) is 0 Å². The maximum Gasteiger partial charge on any atom is 0.315 e. The van der Waals surface area contributed by atoms with Crippen LogP contribution in [0, 0.1) is 0 Å². The van der Waals surface area contributed by atoms with Crippen LogP contribution in [-0.4, -0.2) is 28.8 Å². The third kappa shape index (κ3) is 3.48. The summed E-state index contributed by atoms with van der Waals surface area (Å²) < 4.78 is 4.58. The fourth-order valence-electron chi connectivity index (χ4n) is 2.23. The molecule has 0 aliphatic carbocycles. The van der Waals surface area contributed by atoms with Crippen LogP contribution in [0.1, 0.15) is 5.82 Å². The Labute approximate surface area is 151 Å². The highest BCUT2D eigenvalue weighted by molar-refractivity contribution is 7.99. The van der Waals surface area contributed by atoms with Gasteiger partial charge in [-0.3, -0.25) is 9.59 Å². The van der Waals surface area contributed by atoms with E-state index in [9.17, 15) is 9.59 Å². The molecule has 5 nitrogen and oxygen atoms in total. The van der Waals surface area contributed by atoms with Crippen molar-refractivity contribution in [3.8, 4) is 11.1 Å². The second kappa shape index (κ2) is 7.38. The number of carbonyl (C=O) groups is 1. The number of carbonyl (C=O) groups excluding carboxylic acids is 1. The number of esters is 1. The molecule has 8 heteroatoms. The van der Waals surface area contributed by atoms with E-state index in [1.807, 2.05) is 23.6 Å². The molecule has 0 atom stereocenters. The average Bonchev–Trinajstić information content (AvgIpc) is 2.99. The van der Waals surface area contributed by atoms with Gasteiger partial charge < -0.3 is 9.72 Å². The summed E-state index contributed by atoms with van der Waals surface area (Å²) in [5.74, 6) is 0.877. The Morgan fingerprint density at radius 3 is 2.92 bits per heavy atom. The van der Waals surface area contributed by atoms with Gasteiger partial charge in [-0.05, 0) is 6.07 Å². The molecule has 1 aromatic carbocycles. The zero-order valence-electron chi connectivity index (χ0n) is 12.7. The summed E-state index contributed by atoms with van der Waals surface area (Å²) in [6.07, 6.45) is 0. The highest BCUT2D eigenvalue weighted by atomic mass is 35.5. The highest BCUT2D eigenvalue weighted by Crippen LogP contribution is 2.34. The minimum atomic E-state index is -0.305. The minimum absolute atomic E-state index is 0.204. The maximum atomic E-state index is 12.5. The zero-order chi connectivity index (χ0) is 17.1. The molecular weight excluding hydrogens is 368 g/mol. The van der Waals surface area contributed by atoms with Gasteiger partial charge in [0.15, 0.2) is 0 Å². The summed E-state index contributed by atoms with van der Waals surface area (Å²) in [6.45, 7) is 0. The lowest BCUT2D eigenvalue weighted by molar-refractivity contribution is -0.137. The molecule has 0 unspecified atom stereocenters. The molecule has 0 aliphatic rings. The van der Waals surface area contributed by atoms with Gasteiger partial charge in [0.25, 0.3) is 5.56 Å². The Morgan fingerprint density at radius 2 is 2.17 bits per heavy atom. The number of thiophene rings is 1. The Kier molecular flexibility index (Phi) is 5.23. The summed E-state index contributed by atoms with van der Waals surface area (Å²) in [7, 11) is 1.34. The number of nitrogens with zero attached hydrogens (tertiary/aromatic N) is 1. The number of H-pyrrole nitrogens is 1. The molecule has 0 bridgehead atoms. The Bertz CT molecular complexity index is 952. The Balaban J connectivity index is 1.93. The van der Waals surface area contributed by atoms with Crippen molar-refractivity contribution in [1.82, 2.24) is 9.97 Å². The van der Waals surface area contributed by atoms with Gasteiger partial charge in [0.2, 0.25) is 0 Å². The highest BCUT2D eigenvalue weighted by Gasteiger charge is 2.15. The lowest BCUT2D eigenvalue weighted by Gasteiger charge is -2.03. The van der Waals surface area contributed by atoms with Gasteiger partial charge in [0, 0.05) is 21.5 Å². The first-order valence-corrected chi connectivity index (χ1v) is 9.41. The lowest BCUT2D eigenvalue weighted by Crippen LogP contribution is -2.11. The molecule has 124 valence electrons. The molecule has 24 heavy (non-hydrogen) atoms. The van der Waals surface area contributed by atoms with Crippen molar-refractivity contribution < 1.29 is 9.53 Å². The van der Waals surface area contributed by atoms with E-state index in [1.54, 1.807) is 6.07 Å². The topological polar surface area (TPSA) is 72.0 Å². The van der Waals surface area contributed by atoms with Crippen LogP contribution in [-0.2, 0) is 15.3 Å². The van der Waals surface area contributed by atoms with Crippen LogP contribution < -0.4 is 5.56 Å². The number of fused-ring (bicyclic) bond motifs is 1. The van der Waals surface area contributed by atoms with E-state index in [4.69, 9.17) is 11.6 Å². The largest absolute Gasteiger partial charge is 0.468 e. The number of aromatic amines is 1. The van der Waals surface area contributed by atoms with Crippen LogP contribution in [0.25, 0.3) is 21.3 Å². The van der Waals surface area contributed by atoms with Crippen molar-refractivity contribution >= 4 is 50.9 Å². The summed E-state index contributed by atoms with van der Waals surface area (Å²) in [6, 6.07) is 7.40. The molecule has 1 N–H and O–H groups in total. The summed E-state index contributed by atoms with van der Waals surface area (Å²) in [4.78, 5) is 31.5. The molecule has 0 radical (unpaired) electrons. The van der Waals surface area contributed by atoms with Gasteiger partial charge in [-0.15, -0.1) is 23.1 Å². The van der Waals surface area contributed by atoms with E-state index in [-0.39, 0.29) is 17.3 Å². The Hall–Kier alpha value is -1.83. The normalized spacial score (nSPS) is 10.9.